The molecule has 1 saturated carbocycles. The molecule has 23 heavy (non-hydrogen) atoms. The summed E-state index contributed by atoms with van der Waals surface area (Å²) in [7, 11) is 0. The van der Waals surface area contributed by atoms with Crippen LogP contribution in [0.3, 0.4) is 0 Å². The zero-order valence-corrected chi connectivity index (χ0v) is 14.2. The summed E-state index contributed by atoms with van der Waals surface area (Å²) < 4.78 is 0. The van der Waals surface area contributed by atoms with Crippen LogP contribution in [0.2, 0.25) is 5.15 Å². The average molecular weight is 330 g/mol. The van der Waals surface area contributed by atoms with E-state index in [1.807, 2.05) is 12.1 Å². The van der Waals surface area contributed by atoms with E-state index >= 15 is 0 Å². The maximum absolute atomic E-state index is 6.64. The van der Waals surface area contributed by atoms with Crippen molar-refractivity contribution in [3.63, 3.8) is 0 Å². The Morgan fingerprint density at radius 1 is 1.13 bits per heavy atom. The monoisotopic (exact) mass is 329 g/mol. The molecule has 1 aromatic heterocycles. The molecule has 0 unspecified atom stereocenters. The molecule has 2 aromatic rings. The lowest BCUT2D eigenvalue weighted by atomic mass is 9.90. The van der Waals surface area contributed by atoms with E-state index in [4.69, 9.17) is 11.6 Å². The highest BCUT2D eigenvalue weighted by Crippen LogP contribution is 2.42. The highest BCUT2D eigenvalue weighted by atomic mass is 35.5. The molecule has 2 fully saturated rings. The lowest BCUT2D eigenvalue weighted by Gasteiger charge is -2.39. The van der Waals surface area contributed by atoms with Crippen molar-refractivity contribution in [2.75, 3.05) is 26.2 Å². The maximum Gasteiger partial charge on any atom is 0.134 e. The SMILES string of the molecule is Clc1nc2ccccc2cc1[C@H](C1CCCC1)N1CCNCC1. The van der Waals surface area contributed by atoms with Crippen LogP contribution in [-0.4, -0.2) is 36.1 Å². The van der Waals surface area contributed by atoms with E-state index in [-0.39, 0.29) is 0 Å². The van der Waals surface area contributed by atoms with E-state index in [0.717, 1.165) is 31.7 Å². The molecule has 0 spiro atoms. The lowest BCUT2D eigenvalue weighted by Crippen LogP contribution is -2.46. The third-order valence-electron chi connectivity index (χ3n) is 5.41. The number of para-hydroxylation sites is 1. The van der Waals surface area contributed by atoms with Gasteiger partial charge < -0.3 is 5.32 Å². The van der Waals surface area contributed by atoms with Gasteiger partial charge in [-0.25, -0.2) is 4.98 Å². The number of pyridine rings is 1. The number of rotatable bonds is 3. The molecule has 4 heteroatoms. The van der Waals surface area contributed by atoms with E-state index in [0.29, 0.717) is 17.1 Å². The van der Waals surface area contributed by atoms with Gasteiger partial charge in [0.1, 0.15) is 5.15 Å². The van der Waals surface area contributed by atoms with Gasteiger partial charge in [-0.15, -0.1) is 0 Å². The molecule has 3 nitrogen and oxygen atoms in total. The highest BCUT2D eigenvalue weighted by Gasteiger charge is 2.33. The van der Waals surface area contributed by atoms with Gasteiger partial charge in [-0.1, -0.05) is 42.6 Å². The fourth-order valence-corrected chi connectivity index (χ4v) is 4.56. The molecule has 122 valence electrons. The normalized spacial score (nSPS) is 21.8. The quantitative estimate of drug-likeness (QED) is 0.862. The van der Waals surface area contributed by atoms with Gasteiger partial charge in [-0.2, -0.15) is 0 Å². The van der Waals surface area contributed by atoms with Gasteiger partial charge in [-0.3, -0.25) is 4.90 Å². The van der Waals surface area contributed by atoms with Crippen LogP contribution in [0.1, 0.15) is 37.3 Å². The summed E-state index contributed by atoms with van der Waals surface area (Å²) in [6, 6.07) is 11.0. The fraction of sp³-hybridized carbons (Fsp3) is 0.526. The Hall–Kier alpha value is -1.16. The number of nitrogens with zero attached hydrogens (tertiary/aromatic N) is 2. The number of benzene rings is 1. The van der Waals surface area contributed by atoms with Crippen molar-refractivity contribution in [1.82, 2.24) is 15.2 Å². The topological polar surface area (TPSA) is 28.2 Å². The van der Waals surface area contributed by atoms with Crippen molar-refractivity contribution in [3.05, 3.63) is 41.0 Å². The zero-order valence-electron chi connectivity index (χ0n) is 13.5. The van der Waals surface area contributed by atoms with Gasteiger partial charge in [0.05, 0.1) is 5.52 Å². The first-order valence-electron chi connectivity index (χ1n) is 8.83. The van der Waals surface area contributed by atoms with Crippen molar-refractivity contribution in [1.29, 1.82) is 0 Å². The van der Waals surface area contributed by atoms with Gasteiger partial charge in [-0.05, 0) is 30.9 Å². The van der Waals surface area contributed by atoms with Crippen LogP contribution < -0.4 is 5.32 Å². The molecule has 2 aliphatic rings. The standard InChI is InChI=1S/C19H24ClN3/c20-19-16(13-15-7-3-4-8-17(15)22-19)18(14-5-1-2-6-14)23-11-9-21-10-12-23/h3-4,7-8,13-14,18,21H,1-2,5-6,9-12H2/t18-/m0/s1. The van der Waals surface area contributed by atoms with E-state index < -0.39 is 0 Å². The summed E-state index contributed by atoms with van der Waals surface area (Å²) in [5, 5.41) is 5.36. The Labute approximate surface area is 143 Å². The molecule has 4 rings (SSSR count). The second-order valence-electron chi connectivity index (χ2n) is 6.84. The molecule has 2 heterocycles. The van der Waals surface area contributed by atoms with E-state index in [2.05, 4.69) is 33.4 Å². The van der Waals surface area contributed by atoms with Crippen LogP contribution in [-0.2, 0) is 0 Å². The summed E-state index contributed by atoms with van der Waals surface area (Å²) >= 11 is 6.64. The number of hydrogen-bond donors (Lipinski definition) is 1. The van der Waals surface area contributed by atoms with Crippen LogP contribution in [0, 0.1) is 5.92 Å². The lowest BCUT2D eigenvalue weighted by molar-refractivity contribution is 0.125. The molecule has 1 N–H and O–H groups in total. The Morgan fingerprint density at radius 2 is 1.87 bits per heavy atom. The van der Waals surface area contributed by atoms with Crippen LogP contribution in [0.5, 0.6) is 0 Å². The van der Waals surface area contributed by atoms with E-state index in [1.54, 1.807) is 0 Å². The summed E-state index contributed by atoms with van der Waals surface area (Å²) in [6.45, 7) is 4.35. The number of halogens is 1. The van der Waals surface area contributed by atoms with Crippen molar-refractivity contribution >= 4 is 22.5 Å². The molecule has 0 bridgehead atoms. The first-order chi connectivity index (χ1) is 11.3. The predicted octanol–water partition coefficient (Wildman–Crippen LogP) is 4.02. The van der Waals surface area contributed by atoms with Crippen LogP contribution in [0.15, 0.2) is 30.3 Å². The second kappa shape index (κ2) is 6.76. The largest absolute Gasteiger partial charge is 0.314 e. The molecule has 1 aliphatic heterocycles. The van der Waals surface area contributed by atoms with Crippen LogP contribution in [0.4, 0.5) is 0 Å². The third kappa shape index (κ3) is 3.10. The molecule has 1 saturated heterocycles. The first kappa shape index (κ1) is 15.4. The number of aromatic nitrogens is 1. The molecule has 1 aliphatic carbocycles. The molecule has 0 amide bonds. The Bertz CT molecular complexity index is 675. The Morgan fingerprint density at radius 3 is 2.65 bits per heavy atom. The van der Waals surface area contributed by atoms with Crippen molar-refractivity contribution in [2.45, 2.75) is 31.7 Å². The molecule has 1 aromatic carbocycles. The minimum Gasteiger partial charge on any atom is -0.314 e. The molecule has 1 atom stereocenters. The average Bonchev–Trinajstić information content (AvgIpc) is 3.11. The second-order valence-corrected chi connectivity index (χ2v) is 7.19. The summed E-state index contributed by atoms with van der Waals surface area (Å²) in [5.74, 6) is 0.716. The van der Waals surface area contributed by atoms with Crippen LogP contribution in [0.25, 0.3) is 10.9 Å². The summed E-state index contributed by atoms with van der Waals surface area (Å²) in [4.78, 5) is 7.31. The Balaban J connectivity index is 1.76. The summed E-state index contributed by atoms with van der Waals surface area (Å²) in [5.41, 5.74) is 2.23. The molecular weight excluding hydrogens is 306 g/mol. The van der Waals surface area contributed by atoms with E-state index in [1.165, 1.54) is 36.6 Å². The zero-order chi connectivity index (χ0) is 15.6. The predicted molar refractivity (Wildman–Crippen MR) is 95.9 cm³/mol. The minimum atomic E-state index is 0.421. The smallest absolute Gasteiger partial charge is 0.134 e. The number of hydrogen-bond acceptors (Lipinski definition) is 3. The van der Waals surface area contributed by atoms with E-state index in [9.17, 15) is 0 Å². The maximum atomic E-state index is 6.64. The van der Waals surface area contributed by atoms with Gasteiger partial charge in [0, 0.05) is 43.2 Å². The minimum absolute atomic E-state index is 0.421. The molecular formula is C19H24ClN3. The number of nitrogens with one attached hydrogen (secondary N) is 1. The van der Waals surface area contributed by atoms with Crippen molar-refractivity contribution in [2.24, 2.45) is 5.92 Å². The van der Waals surface area contributed by atoms with Gasteiger partial charge in [0.2, 0.25) is 0 Å². The molecule has 0 radical (unpaired) electrons. The first-order valence-corrected chi connectivity index (χ1v) is 9.21. The van der Waals surface area contributed by atoms with Gasteiger partial charge >= 0.3 is 0 Å². The van der Waals surface area contributed by atoms with Crippen LogP contribution >= 0.6 is 11.6 Å². The summed E-state index contributed by atoms with van der Waals surface area (Å²) in [6.07, 6.45) is 5.34. The highest BCUT2D eigenvalue weighted by molar-refractivity contribution is 6.30. The Kier molecular flexibility index (Phi) is 4.52. The number of piperazine rings is 1. The fourth-order valence-electron chi connectivity index (χ4n) is 4.30. The van der Waals surface area contributed by atoms with Gasteiger partial charge in [0.15, 0.2) is 0 Å². The third-order valence-corrected chi connectivity index (χ3v) is 5.72. The van der Waals surface area contributed by atoms with Gasteiger partial charge in [0.25, 0.3) is 0 Å². The van der Waals surface area contributed by atoms with Crippen molar-refractivity contribution in [3.8, 4) is 0 Å². The number of fused-ring (bicyclic) bond motifs is 1. The van der Waals surface area contributed by atoms with Crippen molar-refractivity contribution < 1.29 is 0 Å².